The van der Waals surface area contributed by atoms with Crippen LogP contribution >= 0.6 is 0 Å². The number of nitrogens with one attached hydrogen (secondary N) is 2. The third kappa shape index (κ3) is 3.24. The molecule has 2 N–H and O–H groups in total. The van der Waals surface area contributed by atoms with Crippen molar-refractivity contribution in [3.05, 3.63) is 42.7 Å². The molecule has 7 nitrogen and oxygen atoms in total. The third-order valence-electron chi connectivity index (χ3n) is 4.00. The van der Waals surface area contributed by atoms with Crippen LogP contribution in [0.1, 0.15) is 13.8 Å². The molecule has 0 unspecified atom stereocenters. The Morgan fingerprint density at radius 1 is 1.33 bits per heavy atom. The first kappa shape index (κ1) is 16.0. The summed E-state index contributed by atoms with van der Waals surface area (Å²) in [5.41, 5.74) is 1.51. The summed E-state index contributed by atoms with van der Waals surface area (Å²) in [6.45, 7) is 4.83. The Labute approximate surface area is 140 Å². The summed E-state index contributed by atoms with van der Waals surface area (Å²) in [7, 11) is 0. The Morgan fingerprint density at radius 2 is 2.08 bits per heavy atom. The van der Waals surface area contributed by atoms with Gasteiger partial charge in [0, 0.05) is 13.1 Å². The highest BCUT2D eigenvalue weighted by atomic mass is 16.2. The number of urea groups is 1. The molecule has 24 heavy (non-hydrogen) atoms. The van der Waals surface area contributed by atoms with Gasteiger partial charge in [-0.05, 0) is 18.1 Å². The predicted octanol–water partition coefficient (Wildman–Crippen LogP) is 1.86. The van der Waals surface area contributed by atoms with Crippen LogP contribution in [-0.4, -0.2) is 45.8 Å². The number of hydrogen-bond acceptors (Lipinski definition) is 3. The van der Waals surface area contributed by atoms with Gasteiger partial charge in [0.05, 0.1) is 23.8 Å². The van der Waals surface area contributed by atoms with Crippen LogP contribution in [0, 0.1) is 5.92 Å². The fourth-order valence-electron chi connectivity index (χ4n) is 2.88. The SMILES string of the molecule is CC(C)[C@@H]1C(=O)NCCN1C(=O)Nc1cnn(-c2ccccc2)c1. The lowest BCUT2D eigenvalue weighted by Crippen LogP contribution is -2.60. The number of piperazine rings is 1. The Bertz CT molecular complexity index is 726. The van der Waals surface area contributed by atoms with E-state index in [9.17, 15) is 9.59 Å². The van der Waals surface area contributed by atoms with Crippen LogP contribution in [0.25, 0.3) is 5.69 Å². The van der Waals surface area contributed by atoms with Gasteiger partial charge in [0.2, 0.25) is 5.91 Å². The zero-order chi connectivity index (χ0) is 17.1. The van der Waals surface area contributed by atoms with Crippen molar-refractivity contribution in [1.82, 2.24) is 20.0 Å². The normalized spacial score (nSPS) is 17.7. The molecule has 1 aromatic carbocycles. The van der Waals surface area contributed by atoms with Gasteiger partial charge in [-0.15, -0.1) is 0 Å². The van der Waals surface area contributed by atoms with Crippen LogP contribution in [0.3, 0.4) is 0 Å². The molecule has 0 saturated carbocycles. The smallest absolute Gasteiger partial charge is 0.322 e. The lowest BCUT2D eigenvalue weighted by atomic mass is 10.00. The summed E-state index contributed by atoms with van der Waals surface area (Å²) >= 11 is 0. The molecule has 1 fully saturated rings. The summed E-state index contributed by atoms with van der Waals surface area (Å²) in [5, 5.41) is 9.90. The number of rotatable bonds is 3. The molecule has 3 rings (SSSR count). The maximum Gasteiger partial charge on any atom is 0.322 e. The number of carbonyl (C=O) groups excluding carboxylic acids is 2. The highest BCUT2D eigenvalue weighted by Crippen LogP contribution is 2.17. The van der Waals surface area contributed by atoms with Gasteiger partial charge in [-0.25, -0.2) is 9.48 Å². The third-order valence-corrected chi connectivity index (χ3v) is 4.00. The average Bonchev–Trinajstić information content (AvgIpc) is 3.03. The van der Waals surface area contributed by atoms with Crippen molar-refractivity contribution in [2.45, 2.75) is 19.9 Å². The second kappa shape index (κ2) is 6.74. The standard InChI is InChI=1S/C17H21N5O2/c1-12(2)15-16(23)18-8-9-21(15)17(24)20-13-10-19-22(11-13)14-6-4-3-5-7-14/h3-7,10-12,15H,8-9H2,1-2H3,(H,18,23)(H,20,24)/t15-/m1/s1. The fraction of sp³-hybridized carbons (Fsp3) is 0.353. The van der Waals surface area contributed by atoms with Crippen molar-refractivity contribution >= 4 is 17.6 Å². The Morgan fingerprint density at radius 3 is 2.79 bits per heavy atom. The minimum Gasteiger partial charge on any atom is -0.353 e. The largest absolute Gasteiger partial charge is 0.353 e. The molecule has 0 bridgehead atoms. The molecule has 2 heterocycles. The van der Waals surface area contributed by atoms with Crippen molar-refractivity contribution in [3.63, 3.8) is 0 Å². The molecule has 2 aromatic rings. The number of amides is 3. The number of anilines is 1. The highest BCUT2D eigenvalue weighted by molar-refractivity contribution is 5.94. The molecule has 1 aliphatic heterocycles. The van der Waals surface area contributed by atoms with Gasteiger partial charge in [-0.3, -0.25) is 4.79 Å². The van der Waals surface area contributed by atoms with Crippen LogP contribution in [0.5, 0.6) is 0 Å². The summed E-state index contributed by atoms with van der Waals surface area (Å²) in [6, 6.07) is 8.91. The van der Waals surface area contributed by atoms with E-state index in [2.05, 4.69) is 15.7 Å². The zero-order valence-electron chi connectivity index (χ0n) is 13.8. The van der Waals surface area contributed by atoms with Crippen LogP contribution in [0.2, 0.25) is 0 Å². The average molecular weight is 327 g/mol. The van der Waals surface area contributed by atoms with E-state index in [-0.39, 0.29) is 17.9 Å². The second-order valence-electron chi connectivity index (χ2n) is 6.11. The first-order chi connectivity index (χ1) is 11.6. The molecule has 1 atom stereocenters. The first-order valence-electron chi connectivity index (χ1n) is 8.01. The summed E-state index contributed by atoms with van der Waals surface area (Å²) in [6.07, 6.45) is 3.35. The van der Waals surface area contributed by atoms with E-state index in [4.69, 9.17) is 0 Å². The van der Waals surface area contributed by atoms with Crippen LogP contribution in [0.4, 0.5) is 10.5 Å². The van der Waals surface area contributed by atoms with Gasteiger partial charge in [-0.1, -0.05) is 32.0 Å². The molecule has 7 heteroatoms. The van der Waals surface area contributed by atoms with Gasteiger partial charge >= 0.3 is 6.03 Å². The highest BCUT2D eigenvalue weighted by Gasteiger charge is 2.35. The van der Waals surface area contributed by atoms with Crippen LogP contribution in [0.15, 0.2) is 42.7 Å². The van der Waals surface area contributed by atoms with Gasteiger partial charge in [0.15, 0.2) is 0 Å². The van der Waals surface area contributed by atoms with E-state index in [1.807, 2.05) is 44.2 Å². The predicted molar refractivity (Wildman–Crippen MR) is 90.9 cm³/mol. The van der Waals surface area contributed by atoms with Gasteiger partial charge in [0.1, 0.15) is 6.04 Å². The number of aromatic nitrogens is 2. The molecular formula is C17H21N5O2. The van der Waals surface area contributed by atoms with Crippen molar-refractivity contribution in [2.75, 3.05) is 18.4 Å². The summed E-state index contributed by atoms with van der Waals surface area (Å²) < 4.78 is 1.69. The van der Waals surface area contributed by atoms with Gasteiger partial charge < -0.3 is 15.5 Å². The number of hydrogen-bond donors (Lipinski definition) is 2. The van der Waals surface area contributed by atoms with E-state index in [0.717, 1.165) is 5.69 Å². The molecule has 0 spiro atoms. The lowest BCUT2D eigenvalue weighted by molar-refractivity contribution is -0.129. The Balaban J connectivity index is 1.73. The number of benzene rings is 1. The topological polar surface area (TPSA) is 79.3 Å². The van der Waals surface area contributed by atoms with Crippen LogP contribution in [-0.2, 0) is 4.79 Å². The number of para-hydroxylation sites is 1. The molecule has 126 valence electrons. The maximum atomic E-state index is 12.6. The Hall–Kier alpha value is -2.83. The van der Waals surface area contributed by atoms with E-state index in [0.29, 0.717) is 18.8 Å². The van der Waals surface area contributed by atoms with Crippen molar-refractivity contribution in [1.29, 1.82) is 0 Å². The quantitative estimate of drug-likeness (QED) is 0.903. The van der Waals surface area contributed by atoms with E-state index < -0.39 is 6.04 Å². The van der Waals surface area contributed by atoms with Gasteiger partial charge in [0.25, 0.3) is 0 Å². The molecule has 1 aromatic heterocycles. The number of nitrogens with zero attached hydrogens (tertiary/aromatic N) is 3. The fourth-order valence-corrected chi connectivity index (χ4v) is 2.88. The molecular weight excluding hydrogens is 306 g/mol. The van der Waals surface area contributed by atoms with E-state index in [1.165, 1.54) is 0 Å². The molecule has 3 amide bonds. The number of carbonyl (C=O) groups is 2. The van der Waals surface area contributed by atoms with Crippen LogP contribution < -0.4 is 10.6 Å². The Kier molecular flexibility index (Phi) is 4.50. The molecule has 1 aliphatic rings. The monoisotopic (exact) mass is 327 g/mol. The second-order valence-corrected chi connectivity index (χ2v) is 6.11. The molecule has 1 saturated heterocycles. The van der Waals surface area contributed by atoms with Crippen molar-refractivity contribution in [3.8, 4) is 5.69 Å². The summed E-state index contributed by atoms with van der Waals surface area (Å²) in [4.78, 5) is 26.2. The van der Waals surface area contributed by atoms with E-state index >= 15 is 0 Å². The van der Waals surface area contributed by atoms with E-state index in [1.54, 1.807) is 22.0 Å². The minimum atomic E-state index is -0.456. The zero-order valence-corrected chi connectivity index (χ0v) is 13.8. The summed E-state index contributed by atoms with van der Waals surface area (Å²) in [5.74, 6) is -0.0607. The maximum absolute atomic E-state index is 12.6. The molecule has 0 aliphatic carbocycles. The van der Waals surface area contributed by atoms with Crippen molar-refractivity contribution < 1.29 is 9.59 Å². The minimum absolute atomic E-state index is 0.0445. The first-order valence-corrected chi connectivity index (χ1v) is 8.01. The van der Waals surface area contributed by atoms with Crippen molar-refractivity contribution in [2.24, 2.45) is 5.92 Å². The lowest BCUT2D eigenvalue weighted by Gasteiger charge is -2.37. The van der Waals surface area contributed by atoms with Gasteiger partial charge in [-0.2, -0.15) is 5.10 Å². The molecule has 0 radical (unpaired) electrons.